The smallest absolute Gasteiger partial charge is 0.336 e. The van der Waals surface area contributed by atoms with Crippen molar-refractivity contribution in [2.75, 3.05) is 7.11 Å². The zero-order chi connectivity index (χ0) is 17.6. The Morgan fingerprint density at radius 1 is 0.920 bits per heavy atom. The summed E-state index contributed by atoms with van der Waals surface area (Å²) >= 11 is 0. The van der Waals surface area contributed by atoms with E-state index in [4.69, 9.17) is 9.47 Å². The van der Waals surface area contributed by atoms with Crippen LogP contribution in [0.1, 0.15) is 15.9 Å². The predicted molar refractivity (Wildman–Crippen MR) is 96.2 cm³/mol. The third-order valence-corrected chi connectivity index (χ3v) is 3.85. The van der Waals surface area contributed by atoms with E-state index in [0.29, 0.717) is 23.7 Å². The Hall–Kier alpha value is -3.27. The maximum absolute atomic E-state index is 11.6. The van der Waals surface area contributed by atoms with Gasteiger partial charge in [-0.15, -0.1) is 0 Å². The molecule has 0 aliphatic heterocycles. The van der Waals surface area contributed by atoms with Crippen molar-refractivity contribution in [1.82, 2.24) is 0 Å². The maximum Gasteiger partial charge on any atom is 0.336 e. The Morgan fingerprint density at radius 3 is 2.44 bits per heavy atom. The number of rotatable bonds is 6. The van der Waals surface area contributed by atoms with E-state index in [1.807, 2.05) is 54.6 Å². The van der Waals surface area contributed by atoms with Crippen LogP contribution in [-0.4, -0.2) is 18.2 Å². The molecule has 0 saturated carbocycles. The van der Waals surface area contributed by atoms with Crippen molar-refractivity contribution in [3.63, 3.8) is 0 Å². The SMILES string of the molecule is COc1ccc(-c2cccc(OCc3ccccc3)c2)c(C(=O)O)c1. The molecule has 0 aliphatic rings. The fraction of sp³-hybridized carbons (Fsp3) is 0.0952. The highest BCUT2D eigenvalue weighted by Gasteiger charge is 2.13. The van der Waals surface area contributed by atoms with Crippen molar-refractivity contribution >= 4 is 5.97 Å². The molecule has 126 valence electrons. The van der Waals surface area contributed by atoms with Crippen LogP contribution in [0.5, 0.6) is 11.5 Å². The largest absolute Gasteiger partial charge is 0.497 e. The lowest BCUT2D eigenvalue weighted by Gasteiger charge is -2.11. The van der Waals surface area contributed by atoms with Gasteiger partial charge >= 0.3 is 5.97 Å². The molecule has 3 rings (SSSR count). The molecule has 3 aromatic rings. The van der Waals surface area contributed by atoms with Gasteiger partial charge in [-0.25, -0.2) is 4.79 Å². The Balaban J connectivity index is 1.87. The monoisotopic (exact) mass is 334 g/mol. The van der Waals surface area contributed by atoms with Crippen LogP contribution in [0.2, 0.25) is 0 Å². The molecule has 0 amide bonds. The molecule has 4 nitrogen and oxygen atoms in total. The van der Waals surface area contributed by atoms with Crippen LogP contribution in [0, 0.1) is 0 Å². The van der Waals surface area contributed by atoms with Crippen LogP contribution in [-0.2, 0) is 6.61 Å². The van der Waals surface area contributed by atoms with E-state index >= 15 is 0 Å². The Labute approximate surface area is 146 Å². The maximum atomic E-state index is 11.6. The molecule has 1 N–H and O–H groups in total. The summed E-state index contributed by atoms with van der Waals surface area (Å²) in [4.78, 5) is 11.6. The second-order valence-corrected chi connectivity index (χ2v) is 5.52. The van der Waals surface area contributed by atoms with Crippen LogP contribution in [0.15, 0.2) is 72.8 Å². The number of carbonyl (C=O) groups is 1. The molecule has 0 unspecified atom stereocenters. The summed E-state index contributed by atoms with van der Waals surface area (Å²) in [5.74, 6) is 0.204. The number of hydrogen-bond donors (Lipinski definition) is 1. The highest BCUT2D eigenvalue weighted by Crippen LogP contribution is 2.30. The molecule has 25 heavy (non-hydrogen) atoms. The molecule has 0 aromatic heterocycles. The molecule has 0 spiro atoms. The van der Waals surface area contributed by atoms with Crippen molar-refractivity contribution in [3.05, 3.63) is 83.9 Å². The lowest BCUT2D eigenvalue weighted by atomic mass is 9.99. The average molecular weight is 334 g/mol. The number of carboxylic acids is 1. The minimum atomic E-state index is -0.996. The van der Waals surface area contributed by atoms with Gasteiger partial charge in [-0.3, -0.25) is 0 Å². The second kappa shape index (κ2) is 7.53. The van der Waals surface area contributed by atoms with Gasteiger partial charge in [0.1, 0.15) is 18.1 Å². The first-order valence-electron chi connectivity index (χ1n) is 7.86. The highest BCUT2D eigenvalue weighted by molar-refractivity contribution is 5.96. The summed E-state index contributed by atoms with van der Waals surface area (Å²) in [6.45, 7) is 0.457. The van der Waals surface area contributed by atoms with Gasteiger partial charge in [0, 0.05) is 0 Å². The number of hydrogen-bond acceptors (Lipinski definition) is 3. The lowest BCUT2D eigenvalue weighted by molar-refractivity contribution is 0.0697. The fourth-order valence-corrected chi connectivity index (χ4v) is 2.57. The summed E-state index contributed by atoms with van der Waals surface area (Å²) in [5.41, 5.74) is 2.67. The molecule has 0 saturated heterocycles. The van der Waals surface area contributed by atoms with E-state index in [0.717, 1.165) is 11.1 Å². The van der Waals surface area contributed by atoms with Crippen LogP contribution in [0.25, 0.3) is 11.1 Å². The van der Waals surface area contributed by atoms with Crippen LogP contribution < -0.4 is 9.47 Å². The standard InChI is InChI=1S/C21H18O4/c1-24-17-10-11-19(20(13-17)21(22)23)16-8-5-9-18(12-16)25-14-15-6-3-2-4-7-15/h2-13H,14H2,1H3,(H,22,23). The van der Waals surface area contributed by atoms with E-state index in [1.165, 1.54) is 13.2 Å². The van der Waals surface area contributed by atoms with E-state index in [-0.39, 0.29) is 5.56 Å². The number of aromatic carboxylic acids is 1. The molecule has 3 aromatic carbocycles. The number of carboxylic acid groups (broad SMARTS) is 1. The van der Waals surface area contributed by atoms with Gasteiger partial charge in [-0.1, -0.05) is 42.5 Å². The molecular weight excluding hydrogens is 316 g/mol. The van der Waals surface area contributed by atoms with Crippen molar-refractivity contribution in [3.8, 4) is 22.6 Å². The molecule has 0 fully saturated rings. The Bertz CT molecular complexity index is 872. The van der Waals surface area contributed by atoms with Crippen molar-refractivity contribution < 1.29 is 19.4 Å². The van der Waals surface area contributed by atoms with Gasteiger partial charge in [0.15, 0.2) is 0 Å². The predicted octanol–water partition coefficient (Wildman–Crippen LogP) is 4.64. The van der Waals surface area contributed by atoms with E-state index < -0.39 is 5.97 Å². The number of benzene rings is 3. The first-order valence-corrected chi connectivity index (χ1v) is 7.86. The third kappa shape index (κ3) is 3.98. The number of ether oxygens (including phenoxy) is 2. The van der Waals surface area contributed by atoms with Gasteiger partial charge in [0.25, 0.3) is 0 Å². The summed E-state index contributed by atoms with van der Waals surface area (Å²) in [6.07, 6.45) is 0. The summed E-state index contributed by atoms with van der Waals surface area (Å²) in [6, 6.07) is 22.3. The van der Waals surface area contributed by atoms with E-state index in [1.54, 1.807) is 12.1 Å². The van der Waals surface area contributed by atoms with Gasteiger partial charge in [0.2, 0.25) is 0 Å². The topological polar surface area (TPSA) is 55.8 Å². The van der Waals surface area contributed by atoms with Gasteiger partial charge in [-0.05, 0) is 47.0 Å². The molecule has 0 aliphatic carbocycles. The van der Waals surface area contributed by atoms with E-state index in [2.05, 4.69) is 0 Å². The van der Waals surface area contributed by atoms with Crippen LogP contribution in [0.3, 0.4) is 0 Å². The summed E-state index contributed by atoms with van der Waals surface area (Å²) in [5, 5.41) is 9.48. The van der Waals surface area contributed by atoms with Crippen molar-refractivity contribution in [1.29, 1.82) is 0 Å². The van der Waals surface area contributed by atoms with Gasteiger partial charge in [0.05, 0.1) is 12.7 Å². The summed E-state index contributed by atoms with van der Waals surface area (Å²) in [7, 11) is 1.51. The lowest BCUT2D eigenvalue weighted by Crippen LogP contribution is -2.01. The molecule has 4 heteroatoms. The Morgan fingerprint density at radius 2 is 1.72 bits per heavy atom. The minimum absolute atomic E-state index is 0.194. The van der Waals surface area contributed by atoms with Gasteiger partial charge < -0.3 is 14.6 Å². The van der Waals surface area contributed by atoms with Crippen LogP contribution >= 0.6 is 0 Å². The minimum Gasteiger partial charge on any atom is -0.497 e. The first-order chi connectivity index (χ1) is 12.2. The quantitative estimate of drug-likeness (QED) is 0.713. The fourth-order valence-electron chi connectivity index (χ4n) is 2.57. The van der Waals surface area contributed by atoms with E-state index in [9.17, 15) is 9.90 Å². The third-order valence-electron chi connectivity index (χ3n) is 3.85. The average Bonchev–Trinajstić information content (AvgIpc) is 2.67. The highest BCUT2D eigenvalue weighted by atomic mass is 16.5. The second-order valence-electron chi connectivity index (χ2n) is 5.52. The Kier molecular flexibility index (Phi) is 5.00. The van der Waals surface area contributed by atoms with Gasteiger partial charge in [-0.2, -0.15) is 0 Å². The molecule has 0 heterocycles. The molecule has 0 atom stereocenters. The number of methoxy groups -OCH3 is 1. The summed E-state index contributed by atoms with van der Waals surface area (Å²) < 4.78 is 10.9. The first kappa shape index (κ1) is 16.6. The molecular formula is C21H18O4. The molecule has 0 bridgehead atoms. The van der Waals surface area contributed by atoms with Crippen molar-refractivity contribution in [2.24, 2.45) is 0 Å². The normalized spacial score (nSPS) is 10.3. The molecule has 0 radical (unpaired) electrons. The zero-order valence-corrected chi connectivity index (χ0v) is 13.8. The van der Waals surface area contributed by atoms with Crippen LogP contribution in [0.4, 0.5) is 0 Å². The van der Waals surface area contributed by atoms with Crippen molar-refractivity contribution in [2.45, 2.75) is 6.61 Å². The zero-order valence-electron chi connectivity index (χ0n) is 13.8.